The van der Waals surface area contributed by atoms with E-state index in [-0.39, 0.29) is 11.8 Å². The van der Waals surface area contributed by atoms with Crippen LogP contribution in [0.5, 0.6) is 0 Å². The Morgan fingerprint density at radius 2 is 1.58 bits per heavy atom. The van der Waals surface area contributed by atoms with E-state index in [4.69, 9.17) is 0 Å². The van der Waals surface area contributed by atoms with Crippen LogP contribution in [-0.2, 0) is 4.79 Å². The molecule has 0 aliphatic rings. The van der Waals surface area contributed by atoms with Gasteiger partial charge in [-0.3, -0.25) is 9.59 Å². The van der Waals surface area contributed by atoms with Crippen LogP contribution in [0.4, 0.5) is 0 Å². The van der Waals surface area contributed by atoms with Crippen molar-refractivity contribution < 1.29 is 14.7 Å². The average Bonchev–Trinajstić information content (AvgIpc) is 2.62. The van der Waals surface area contributed by atoms with Crippen molar-refractivity contribution in [2.75, 3.05) is 6.54 Å². The zero-order valence-corrected chi connectivity index (χ0v) is 13.6. The lowest BCUT2D eigenvalue weighted by Crippen LogP contribution is -2.45. The van der Waals surface area contributed by atoms with Crippen molar-refractivity contribution in [1.82, 2.24) is 10.6 Å². The zero-order chi connectivity index (χ0) is 17.4. The predicted molar refractivity (Wildman–Crippen MR) is 92.4 cm³/mol. The molecule has 0 saturated heterocycles. The Morgan fingerprint density at radius 3 is 2.21 bits per heavy atom. The molecule has 0 radical (unpaired) electrons. The minimum atomic E-state index is -0.647. The van der Waals surface area contributed by atoms with Crippen LogP contribution in [0.3, 0.4) is 0 Å². The summed E-state index contributed by atoms with van der Waals surface area (Å²) in [6, 6.07) is 17.4. The SMILES string of the molecule is CC(NC(=O)c1ccccc1)C(=O)NCCC(O)c1ccccc1. The van der Waals surface area contributed by atoms with Gasteiger partial charge in [0.05, 0.1) is 6.10 Å². The maximum Gasteiger partial charge on any atom is 0.251 e. The average molecular weight is 326 g/mol. The molecule has 0 fully saturated rings. The van der Waals surface area contributed by atoms with Crippen LogP contribution in [0.1, 0.15) is 35.4 Å². The van der Waals surface area contributed by atoms with Crippen molar-refractivity contribution in [2.45, 2.75) is 25.5 Å². The number of hydrogen-bond acceptors (Lipinski definition) is 3. The molecule has 2 unspecified atom stereocenters. The fourth-order valence-electron chi connectivity index (χ4n) is 2.26. The van der Waals surface area contributed by atoms with E-state index in [0.717, 1.165) is 5.56 Å². The minimum absolute atomic E-state index is 0.278. The number of carbonyl (C=O) groups is 2. The predicted octanol–water partition coefficient (Wildman–Crippen LogP) is 2.04. The third-order valence-electron chi connectivity index (χ3n) is 3.68. The Balaban J connectivity index is 1.75. The van der Waals surface area contributed by atoms with Crippen molar-refractivity contribution in [3.63, 3.8) is 0 Å². The Labute approximate surface area is 141 Å². The van der Waals surface area contributed by atoms with Gasteiger partial charge in [0.15, 0.2) is 0 Å². The Morgan fingerprint density at radius 1 is 1.00 bits per heavy atom. The Kier molecular flexibility index (Phi) is 6.51. The second kappa shape index (κ2) is 8.84. The lowest BCUT2D eigenvalue weighted by atomic mass is 10.1. The maximum atomic E-state index is 12.0. The first kappa shape index (κ1) is 17.7. The molecule has 0 spiro atoms. The van der Waals surface area contributed by atoms with Gasteiger partial charge in [-0.05, 0) is 31.0 Å². The van der Waals surface area contributed by atoms with Crippen molar-refractivity contribution in [3.8, 4) is 0 Å². The lowest BCUT2D eigenvalue weighted by molar-refractivity contribution is -0.122. The highest BCUT2D eigenvalue weighted by Crippen LogP contribution is 2.14. The van der Waals surface area contributed by atoms with Gasteiger partial charge < -0.3 is 15.7 Å². The Hall–Kier alpha value is -2.66. The van der Waals surface area contributed by atoms with Gasteiger partial charge in [0.25, 0.3) is 5.91 Å². The first-order chi connectivity index (χ1) is 11.6. The van der Waals surface area contributed by atoms with Gasteiger partial charge >= 0.3 is 0 Å². The van der Waals surface area contributed by atoms with Gasteiger partial charge in [-0.2, -0.15) is 0 Å². The first-order valence-electron chi connectivity index (χ1n) is 7.94. The van der Waals surface area contributed by atoms with Crippen LogP contribution in [0.2, 0.25) is 0 Å². The molecule has 0 heterocycles. The van der Waals surface area contributed by atoms with E-state index < -0.39 is 12.1 Å². The van der Waals surface area contributed by atoms with Crippen molar-refractivity contribution >= 4 is 11.8 Å². The molecule has 2 aromatic rings. The van der Waals surface area contributed by atoms with E-state index in [0.29, 0.717) is 18.5 Å². The summed E-state index contributed by atoms with van der Waals surface area (Å²) in [5.41, 5.74) is 1.33. The van der Waals surface area contributed by atoms with E-state index in [1.165, 1.54) is 0 Å². The zero-order valence-electron chi connectivity index (χ0n) is 13.6. The molecule has 0 aliphatic heterocycles. The number of nitrogens with one attached hydrogen (secondary N) is 2. The highest BCUT2D eigenvalue weighted by atomic mass is 16.3. The van der Waals surface area contributed by atoms with Crippen LogP contribution >= 0.6 is 0 Å². The fraction of sp³-hybridized carbons (Fsp3) is 0.263. The summed E-state index contributed by atoms with van der Waals surface area (Å²) in [5.74, 6) is -0.567. The van der Waals surface area contributed by atoms with E-state index in [2.05, 4.69) is 10.6 Å². The van der Waals surface area contributed by atoms with Gasteiger partial charge in [-0.25, -0.2) is 0 Å². The first-order valence-corrected chi connectivity index (χ1v) is 7.94. The highest BCUT2D eigenvalue weighted by Gasteiger charge is 2.16. The summed E-state index contributed by atoms with van der Waals surface area (Å²) in [6.45, 7) is 1.96. The molecular formula is C19H22N2O3. The van der Waals surface area contributed by atoms with Crippen molar-refractivity contribution in [3.05, 3.63) is 71.8 Å². The summed E-state index contributed by atoms with van der Waals surface area (Å²) in [6.07, 6.45) is -0.213. The Bertz CT molecular complexity index is 659. The van der Waals surface area contributed by atoms with Gasteiger partial charge in [0, 0.05) is 12.1 Å². The second-order valence-electron chi connectivity index (χ2n) is 5.57. The second-order valence-corrected chi connectivity index (χ2v) is 5.57. The maximum absolute atomic E-state index is 12.0. The van der Waals surface area contributed by atoms with Gasteiger partial charge in [0.1, 0.15) is 6.04 Å². The number of aliphatic hydroxyl groups is 1. The molecule has 2 rings (SSSR count). The van der Waals surface area contributed by atoms with E-state index in [1.54, 1.807) is 31.2 Å². The van der Waals surface area contributed by atoms with Crippen molar-refractivity contribution in [1.29, 1.82) is 0 Å². The summed E-state index contributed by atoms with van der Waals surface area (Å²) in [7, 11) is 0. The van der Waals surface area contributed by atoms with Crippen LogP contribution in [-0.4, -0.2) is 29.5 Å². The smallest absolute Gasteiger partial charge is 0.251 e. The van der Waals surface area contributed by atoms with E-state index in [9.17, 15) is 14.7 Å². The number of benzene rings is 2. The number of carbonyl (C=O) groups excluding carboxylic acids is 2. The van der Waals surface area contributed by atoms with Gasteiger partial charge in [-0.1, -0.05) is 48.5 Å². The molecule has 0 aromatic heterocycles. The van der Waals surface area contributed by atoms with Crippen LogP contribution in [0.25, 0.3) is 0 Å². The molecular weight excluding hydrogens is 304 g/mol. The molecule has 5 heteroatoms. The third-order valence-corrected chi connectivity index (χ3v) is 3.68. The summed E-state index contributed by atoms with van der Waals surface area (Å²) >= 11 is 0. The molecule has 3 N–H and O–H groups in total. The normalized spacial score (nSPS) is 12.9. The fourth-order valence-corrected chi connectivity index (χ4v) is 2.26. The molecule has 2 amide bonds. The topological polar surface area (TPSA) is 78.4 Å². The minimum Gasteiger partial charge on any atom is -0.388 e. The monoisotopic (exact) mass is 326 g/mol. The quantitative estimate of drug-likeness (QED) is 0.728. The van der Waals surface area contributed by atoms with Crippen LogP contribution in [0.15, 0.2) is 60.7 Å². The molecule has 2 aromatic carbocycles. The molecule has 5 nitrogen and oxygen atoms in total. The van der Waals surface area contributed by atoms with Crippen LogP contribution in [0, 0.1) is 0 Å². The number of hydrogen-bond donors (Lipinski definition) is 3. The summed E-state index contributed by atoms with van der Waals surface area (Å²) in [4.78, 5) is 24.0. The van der Waals surface area contributed by atoms with Gasteiger partial charge in [-0.15, -0.1) is 0 Å². The largest absolute Gasteiger partial charge is 0.388 e. The van der Waals surface area contributed by atoms with Gasteiger partial charge in [0.2, 0.25) is 5.91 Å². The number of rotatable bonds is 7. The van der Waals surface area contributed by atoms with Crippen LogP contribution < -0.4 is 10.6 Å². The van der Waals surface area contributed by atoms with Crippen molar-refractivity contribution in [2.24, 2.45) is 0 Å². The molecule has 0 bridgehead atoms. The number of amides is 2. The molecule has 0 saturated carbocycles. The lowest BCUT2D eigenvalue weighted by Gasteiger charge is -2.15. The molecule has 24 heavy (non-hydrogen) atoms. The molecule has 2 atom stereocenters. The summed E-state index contributed by atoms with van der Waals surface area (Å²) < 4.78 is 0. The molecule has 126 valence electrons. The highest BCUT2D eigenvalue weighted by molar-refractivity contribution is 5.97. The van der Waals surface area contributed by atoms with E-state index >= 15 is 0 Å². The standard InChI is InChI=1S/C19H22N2O3/c1-14(21-19(24)16-10-6-3-7-11-16)18(23)20-13-12-17(22)15-8-4-2-5-9-15/h2-11,14,17,22H,12-13H2,1H3,(H,20,23)(H,21,24). The molecule has 0 aliphatic carbocycles. The van der Waals surface area contributed by atoms with E-state index in [1.807, 2.05) is 36.4 Å². The summed E-state index contributed by atoms with van der Waals surface area (Å²) in [5, 5.41) is 15.4. The number of aliphatic hydroxyl groups excluding tert-OH is 1. The third kappa shape index (κ3) is 5.21.